The number of hydroxylamine groups is 1. The van der Waals surface area contributed by atoms with Crippen molar-refractivity contribution in [3.8, 4) is 17.2 Å². The van der Waals surface area contributed by atoms with Gasteiger partial charge < -0.3 is 14.2 Å². The number of para-hydroxylation sites is 1. The summed E-state index contributed by atoms with van der Waals surface area (Å²) in [6.45, 7) is 2.39. The number of benzene rings is 4. The fraction of sp³-hybridized carbons (Fsp3) is 0.182. The first-order valence-electron chi connectivity index (χ1n) is 13.6. The predicted octanol–water partition coefficient (Wildman–Crippen LogP) is 5.36. The van der Waals surface area contributed by atoms with Crippen molar-refractivity contribution < 1.29 is 33.4 Å². The van der Waals surface area contributed by atoms with Crippen LogP contribution in [0.3, 0.4) is 0 Å². The molecule has 42 heavy (non-hydrogen) atoms. The van der Waals surface area contributed by atoms with Crippen molar-refractivity contribution >= 4 is 29.2 Å². The quantitative estimate of drug-likeness (QED) is 0.160. The number of nitrogens with zero attached hydrogens (tertiary/aromatic N) is 2. The molecule has 2 amide bonds. The molecule has 2 aliphatic rings. The average Bonchev–Trinajstić information content (AvgIpc) is 3.54. The lowest BCUT2D eigenvalue weighted by Gasteiger charge is -2.29. The van der Waals surface area contributed by atoms with Gasteiger partial charge >= 0.3 is 5.97 Å². The van der Waals surface area contributed by atoms with E-state index in [-0.39, 0.29) is 11.7 Å². The molecule has 4 aromatic rings. The van der Waals surface area contributed by atoms with Crippen molar-refractivity contribution in [3.05, 3.63) is 114 Å². The van der Waals surface area contributed by atoms with Gasteiger partial charge in [-0.15, -0.1) is 0 Å². The Hall–Kier alpha value is -5.15. The maximum Gasteiger partial charge on any atom is 0.343 e. The Labute approximate surface area is 242 Å². The Morgan fingerprint density at radius 2 is 1.50 bits per heavy atom. The lowest BCUT2D eigenvalue weighted by molar-refractivity contribution is -0.126. The molecule has 9 heteroatoms. The van der Waals surface area contributed by atoms with Gasteiger partial charge in [0.15, 0.2) is 17.6 Å². The third-order valence-corrected chi connectivity index (χ3v) is 7.27. The molecule has 0 bridgehead atoms. The van der Waals surface area contributed by atoms with E-state index in [4.69, 9.17) is 19.0 Å². The Bertz CT molecular complexity index is 1610. The summed E-state index contributed by atoms with van der Waals surface area (Å²) in [4.78, 5) is 47.7. The largest absolute Gasteiger partial charge is 0.494 e. The van der Waals surface area contributed by atoms with E-state index >= 15 is 0 Å². The minimum atomic E-state index is -1.03. The zero-order valence-electron chi connectivity index (χ0n) is 23.0. The number of ether oxygens (including phenoxy) is 3. The second-order valence-corrected chi connectivity index (χ2v) is 9.76. The van der Waals surface area contributed by atoms with Gasteiger partial charge in [0.2, 0.25) is 5.91 Å². The van der Waals surface area contributed by atoms with Crippen molar-refractivity contribution in [2.75, 3.05) is 23.7 Å². The molecule has 9 nitrogen and oxygen atoms in total. The van der Waals surface area contributed by atoms with Gasteiger partial charge in [0, 0.05) is 0 Å². The number of rotatable bonds is 8. The second-order valence-electron chi connectivity index (χ2n) is 9.76. The van der Waals surface area contributed by atoms with Gasteiger partial charge in [0.05, 0.1) is 36.7 Å². The van der Waals surface area contributed by atoms with Gasteiger partial charge in [-0.3, -0.25) is 14.4 Å². The van der Waals surface area contributed by atoms with Gasteiger partial charge in [-0.05, 0) is 73.2 Å². The first-order chi connectivity index (χ1) is 20.5. The number of carbonyl (C=O) groups is 3. The number of fused-ring (bicyclic) bond motifs is 1. The Balaban J connectivity index is 1.35. The van der Waals surface area contributed by atoms with E-state index in [0.717, 1.165) is 0 Å². The molecule has 2 fully saturated rings. The van der Waals surface area contributed by atoms with Crippen molar-refractivity contribution in [1.82, 2.24) is 0 Å². The third kappa shape index (κ3) is 4.84. The van der Waals surface area contributed by atoms with Crippen LogP contribution in [-0.4, -0.2) is 37.6 Å². The molecule has 3 atom stereocenters. The molecule has 0 unspecified atom stereocenters. The summed E-state index contributed by atoms with van der Waals surface area (Å²) in [6, 6.07) is 29.1. The van der Waals surface area contributed by atoms with Crippen LogP contribution >= 0.6 is 0 Å². The molecule has 0 saturated carbocycles. The van der Waals surface area contributed by atoms with Gasteiger partial charge in [0.25, 0.3) is 5.91 Å². The normalized spacial score (nSPS) is 19.5. The number of esters is 1. The molecular weight excluding hydrogens is 536 g/mol. The molecule has 4 aromatic carbocycles. The van der Waals surface area contributed by atoms with Gasteiger partial charge in [-0.2, -0.15) is 0 Å². The Morgan fingerprint density at radius 3 is 2.17 bits per heavy atom. The topological polar surface area (TPSA) is 94.6 Å². The molecule has 0 aliphatic carbocycles. The predicted molar refractivity (Wildman–Crippen MR) is 155 cm³/mol. The smallest absolute Gasteiger partial charge is 0.343 e. The number of anilines is 2. The molecule has 2 heterocycles. The molecule has 6 rings (SSSR count). The minimum Gasteiger partial charge on any atom is -0.494 e. The number of amides is 2. The van der Waals surface area contributed by atoms with E-state index in [1.807, 2.05) is 43.3 Å². The highest BCUT2D eigenvalue weighted by Gasteiger charge is 2.60. The summed E-state index contributed by atoms with van der Waals surface area (Å²) >= 11 is 0. The third-order valence-electron chi connectivity index (χ3n) is 7.27. The number of methoxy groups -OCH3 is 1. The van der Waals surface area contributed by atoms with Crippen LogP contribution in [0, 0.1) is 5.92 Å². The summed E-state index contributed by atoms with van der Waals surface area (Å²) < 4.78 is 16.7. The molecule has 2 aliphatic heterocycles. The van der Waals surface area contributed by atoms with Gasteiger partial charge in [-0.25, -0.2) is 14.8 Å². The average molecular weight is 565 g/mol. The van der Waals surface area contributed by atoms with Crippen LogP contribution in [0.2, 0.25) is 0 Å². The van der Waals surface area contributed by atoms with Crippen molar-refractivity contribution in [2.45, 2.75) is 19.1 Å². The Kier molecular flexibility index (Phi) is 7.33. The van der Waals surface area contributed by atoms with E-state index in [1.165, 1.54) is 12.0 Å². The highest BCUT2D eigenvalue weighted by atomic mass is 16.7. The zero-order valence-corrected chi connectivity index (χ0v) is 23.0. The van der Waals surface area contributed by atoms with Crippen molar-refractivity contribution in [3.63, 3.8) is 0 Å². The number of hydrogen-bond donors (Lipinski definition) is 0. The van der Waals surface area contributed by atoms with Crippen LogP contribution < -0.4 is 24.2 Å². The van der Waals surface area contributed by atoms with Crippen LogP contribution in [0.15, 0.2) is 103 Å². The van der Waals surface area contributed by atoms with Crippen LogP contribution in [0.1, 0.15) is 28.9 Å². The molecule has 212 valence electrons. The van der Waals surface area contributed by atoms with E-state index in [2.05, 4.69) is 0 Å². The molecular formula is C33H28N2O7. The summed E-state index contributed by atoms with van der Waals surface area (Å²) in [6.07, 6.45) is -1.03. The van der Waals surface area contributed by atoms with E-state index < -0.39 is 29.9 Å². The minimum absolute atomic E-state index is 0.224. The first-order valence-corrected chi connectivity index (χ1v) is 13.6. The lowest BCUT2D eigenvalue weighted by Crippen LogP contribution is -2.37. The molecule has 2 saturated heterocycles. The maximum absolute atomic E-state index is 14.0. The Morgan fingerprint density at radius 1 is 0.810 bits per heavy atom. The van der Waals surface area contributed by atoms with Crippen molar-refractivity contribution in [2.24, 2.45) is 5.92 Å². The molecule has 0 radical (unpaired) electrons. The van der Waals surface area contributed by atoms with Crippen LogP contribution in [-0.2, 0) is 14.4 Å². The zero-order chi connectivity index (χ0) is 29.2. The summed E-state index contributed by atoms with van der Waals surface area (Å²) in [5.41, 5.74) is 2.17. The number of carbonyl (C=O) groups excluding carboxylic acids is 3. The second kappa shape index (κ2) is 11.4. The van der Waals surface area contributed by atoms with Crippen LogP contribution in [0.5, 0.6) is 17.2 Å². The number of imide groups is 1. The van der Waals surface area contributed by atoms with E-state index in [0.29, 0.717) is 40.6 Å². The highest BCUT2D eigenvalue weighted by molar-refractivity contribution is 6.24. The lowest BCUT2D eigenvalue weighted by atomic mass is 9.90. The molecule has 0 spiro atoms. The standard InChI is InChI=1S/C33H28N2O7/c1-3-40-25-17-15-23(16-18-25)34-31(36)28-29(35(42-30(28)32(34)37)24-12-8-5-9-13-24)22-14-19-26(27(20-22)39-2)41-33(38)21-10-6-4-7-11-21/h4-20,28-30H,3H2,1-2H3/t28-,29-,30+/m0/s1. The van der Waals surface area contributed by atoms with Gasteiger partial charge in [-0.1, -0.05) is 42.5 Å². The summed E-state index contributed by atoms with van der Waals surface area (Å²) in [5, 5.41) is 1.60. The molecule has 0 N–H and O–H groups in total. The summed E-state index contributed by atoms with van der Waals surface area (Å²) in [7, 11) is 1.47. The van der Waals surface area contributed by atoms with E-state index in [9.17, 15) is 14.4 Å². The molecule has 0 aromatic heterocycles. The maximum atomic E-state index is 14.0. The van der Waals surface area contributed by atoms with Crippen molar-refractivity contribution in [1.29, 1.82) is 0 Å². The number of hydrogen-bond acceptors (Lipinski definition) is 8. The fourth-order valence-electron chi connectivity index (χ4n) is 5.35. The first kappa shape index (κ1) is 27.0. The monoisotopic (exact) mass is 564 g/mol. The fourth-order valence-corrected chi connectivity index (χ4v) is 5.35. The van der Waals surface area contributed by atoms with E-state index in [1.54, 1.807) is 71.8 Å². The van der Waals surface area contributed by atoms with Gasteiger partial charge in [0.1, 0.15) is 11.7 Å². The van der Waals surface area contributed by atoms with Crippen LogP contribution in [0.4, 0.5) is 11.4 Å². The SMILES string of the molecule is CCOc1ccc(N2C(=O)[C@@H]3[C@@H](ON(c4ccccc4)[C@H]3c3ccc(OC(=O)c4ccccc4)c(OC)c3)C2=O)cc1. The van der Waals surface area contributed by atoms with Crippen LogP contribution in [0.25, 0.3) is 0 Å². The highest BCUT2D eigenvalue weighted by Crippen LogP contribution is 2.48. The summed E-state index contributed by atoms with van der Waals surface area (Å²) in [5.74, 6) is -1.03.